The molecule has 0 spiro atoms. The number of benzene rings is 1. The Morgan fingerprint density at radius 2 is 1.48 bits per heavy atom. The van der Waals surface area contributed by atoms with Gasteiger partial charge in [0.15, 0.2) is 0 Å². The Labute approximate surface area is 194 Å². The fourth-order valence-corrected chi connectivity index (χ4v) is 6.75. The van der Waals surface area contributed by atoms with E-state index in [1.807, 2.05) is 0 Å². The van der Waals surface area contributed by atoms with E-state index in [1.165, 1.54) is 63.4 Å². The summed E-state index contributed by atoms with van der Waals surface area (Å²) in [6.07, 6.45) is 14.1. The second-order valence-corrected chi connectivity index (χ2v) is 11.9. The van der Waals surface area contributed by atoms with Crippen LogP contribution in [-0.2, 0) is 8.85 Å². The molecule has 2 rings (SSSR count). The summed E-state index contributed by atoms with van der Waals surface area (Å²) in [7, 11) is -1.60. The summed E-state index contributed by atoms with van der Waals surface area (Å²) in [5.41, 5.74) is 1.50. The minimum Gasteiger partial charge on any atom is -0.494 e. The largest absolute Gasteiger partial charge is 0.494 e. The van der Waals surface area contributed by atoms with Gasteiger partial charge >= 0.3 is 9.28 Å². The number of hydrogen-bond donors (Lipinski definition) is 0. The van der Waals surface area contributed by atoms with Crippen LogP contribution in [0, 0.1) is 5.92 Å². The molecule has 0 heterocycles. The summed E-state index contributed by atoms with van der Waals surface area (Å²) in [6, 6.07) is 9.91. The molecule has 0 aromatic heterocycles. The van der Waals surface area contributed by atoms with Gasteiger partial charge in [-0.25, -0.2) is 0 Å². The van der Waals surface area contributed by atoms with E-state index in [-0.39, 0.29) is 12.2 Å². The van der Waals surface area contributed by atoms with Crippen LogP contribution >= 0.6 is 0 Å². The molecule has 0 N–H and O–H groups in total. The Morgan fingerprint density at radius 1 is 0.839 bits per heavy atom. The molecule has 0 amide bonds. The third kappa shape index (κ3) is 11.0. The normalized spacial score (nSPS) is 19.5. The molecule has 1 aromatic rings. The van der Waals surface area contributed by atoms with Crippen molar-refractivity contribution < 1.29 is 13.6 Å². The predicted octanol–water partition coefficient (Wildman–Crippen LogP) is 7.77. The van der Waals surface area contributed by atoms with Gasteiger partial charge in [0.1, 0.15) is 5.75 Å². The molecule has 1 aliphatic rings. The van der Waals surface area contributed by atoms with Gasteiger partial charge in [-0.05, 0) is 95.4 Å². The molecule has 1 fully saturated rings. The lowest BCUT2D eigenvalue weighted by Crippen LogP contribution is -2.29. The lowest BCUT2D eigenvalue weighted by molar-refractivity contribution is 0.128. The Kier molecular flexibility index (Phi) is 12.8. The third-order valence-corrected chi connectivity index (χ3v) is 8.94. The topological polar surface area (TPSA) is 27.7 Å². The molecule has 0 radical (unpaired) electrons. The van der Waals surface area contributed by atoms with Gasteiger partial charge in [0.2, 0.25) is 0 Å². The Hall–Kier alpha value is -0.843. The van der Waals surface area contributed by atoms with Crippen molar-refractivity contribution in [1.82, 2.24) is 0 Å². The van der Waals surface area contributed by atoms with Crippen molar-refractivity contribution in [3.8, 4) is 5.75 Å². The molecule has 4 heteroatoms. The molecule has 31 heavy (non-hydrogen) atoms. The summed E-state index contributed by atoms with van der Waals surface area (Å²) in [5, 5.41) is 0. The zero-order chi connectivity index (χ0) is 22.5. The zero-order valence-electron chi connectivity index (χ0n) is 20.9. The van der Waals surface area contributed by atoms with E-state index in [0.717, 1.165) is 36.7 Å². The average molecular weight is 449 g/mol. The van der Waals surface area contributed by atoms with E-state index in [9.17, 15) is 0 Å². The number of unbranched alkanes of at least 4 members (excludes halogenated alkanes) is 3. The van der Waals surface area contributed by atoms with Crippen molar-refractivity contribution in [2.24, 2.45) is 5.92 Å². The molecule has 178 valence electrons. The summed E-state index contributed by atoms with van der Waals surface area (Å²) >= 11 is 0. The molecule has 1 saturated carbocycles. The van der Waals surface area contributed by atoms with E-state index in [0.29, 0.717) is 0 Å². The smallest absolute Gasteiger partial charge is 0.321 e. The van der Waals surface area contributed by atoms with Crippen LogP contribution in [0.15, 0.2) is 24.3 Å². The minimum atomic E-state index is -1.60. The maximum absolute atomic E-state index is 6.00. The van der Waals surface area contributed by atoms with Gasteiger partial charge in [0, 0.05) is 12.2 Å². The molecule has 3 nitrogen and oxygen atoms in total. The number of hydrogen-bond acceptors (Lipinski definition) is 3. The molecule has 1 aromatic carbocycles. The molecule has 0 saturated heterocycles. The van der Waals surface area contributed by atoms with E-state index in [4.69, 9.17) is 13.6 Å². The minimum absolute atomic E-state index is 0.236. The Balaban J connectivity index is 1.66. The zero-order valence-corrected chi connectivity index (χ0v) is 22.1. The first-order valence-electron chi connectivity index (χ1n) is 13.0. The molecule has 0 unspecified atom stereocenters. The van der Waals surface area contributed by atoms with E-state index < -0.39 is 9.28 Å². The van der Waals surface area contributed by atoms with Gasteiger partial charge in [0.05, 0.1) is 6.61 Å². The first-order valence-corrected chi connectivity index (χ1v) is 14.8. The van der Waals surface area contributed by atoms with Crippen molar-refractivity contribution in [3.63, 3.8) is 0 Å². The van der Waals surface area contributed by atoms with Gasteiger partial charge in [-0.3, -0.25) is 0 Å². The van der Waals surface area contributed by atoms with E-state index in [2.05, 4.69) is 58.9 Å². The van der Waals surface area contributed by atoms with Gasteiger partial charge < -0.3 is 13.6 Å². The van der Waals surface area contributed by atoms with Crippen molar-refractivity contribution in [2.45, 2.75) is 123 Å². The van der Waals surface area contributed by atoms with E-state index >= 15 is 0 Å². The summed E-state index contributed by atoms with van der Waals surface area (Å²) in [6.45, 7) is 11.4. The lowest BCUT2D eigenvalue weighted by atomic mass is 9.77. The SMILES string of the molecule is CCCCCCC1CCC(c2ccc(OCCC[SiH](OC(C)C)OC(C)C)cc2)CC1. The van der Waals surface area contributed by atoms with Gasteiger partial charge in [-0.2, -0.15) is 0 Å². The first-order chi connectivity index (χ1) is 15.0. The highest BCUT2D eigenvalue weighted by Gasteiger charge is 2.22. The highest BCUT2D eigenvalue weighted by atomic mass is 28.3. The van der Waals surface area contributed by atoms with Gasteiger partial charge in [-0.15, -0.1) is 0 Å². The highest BCUT2D eigenvalue weighted by molar-refractivity contribution is 6.44. The van der Waals surface area contributed by atoms with Crippen molar-refractivity contribution >= 4 is 9.28 Å². The Bertz CT molecular complexity index is 554. The van der Waals surface area contributed by atoms with Crippen molar-refractivity contribution in [2.75, 3.05) is 6.61 Å². The molecular weight excluding hydrogens is 400 g/mol. The summed E-state index contributed by atoms with van der Waals surface area (Å²) < 4.78 is 18.0. The van der Waals surface area contributed by atoms with Crippen LogP contribution in [0.5, 0.6) is 5.75 Å². The second kappa shape index (κ2) is 15.1. The summed E-state index contributed by atoms with van der Waals surface area (Å²) in [5.74, 6) is 2.71. The standard InChI is InChI=1S/C27H48O3Si/c1-6-7-8-9-11-24-12-14-25(15-13-24)26-16-18-27(19-17-26)28-20-10-21-31(29-22(2)3)30-23(4)5/h16-19,22-25,31H,6-15,20-21H2,1-5H3. The maximum Gasteiger partial charge on any atom is 0.321 e. The Morgan fingerprint density at radius 3 is 2.06 bits per heavy atom. The third-order valence-electron chi connectivity index (χ3n) is 6.36. The van der Waals surface area contributed by atoms with Crippen LogP contribution in [0.4, 0.5) is 0 Å². The quantitative estimate of drug-likeness (QED) is 0.202. The molecular formula is C27H48O3Si. The van der Waals surface area contributed by atoms with Crippen LogP contribution in [0.1, 0.15) is 110 Å². The average Bonchev–Trinajstić information content (AvgIpc) is 2.74. The van der Waals surface area contributed by atoms with Gasteiger partial charge in [0.25, 0.3) is 0 Å². The van der Waals surface area contributed by atoms with Crippen LogP contribution in [0.25, 0.3) is 0 Å². The van der Waals surface area contributed by atoms with E-state index in [1.54, 1.807) is 0 Å². The van der Waals surface area contributed by atoms with Crippen molar-refractivity contribution in [3.05, 3.63) is 29.8 Å². The van der Waals surface area contributed by atoms with Crippen LogP contribution < -0.4 is 4.74 Å². The predicted molar refractivity (Wildman–Crippen MR) is 134 cm³/mol. The second-order valence-electron chi connectivity index (χ2n) is 9.93. The van der Waals surface area contributed by atoms with Gasteiger partial charge in [-0.1, -0.05) is 51.2 Å². The molecule has 0 aliphatic heterocycles. The molecule has 0 bridgehead atoms. The summed E-state index contributed by atoms with van der Waals surface area (Å²) in [4.78, 5) is 0. The lowest BCUT2D eigenvalue weighted by Gasteiger charge is -2.29. The van der Waals surface area contributed by atoms with Crippen LogP contribution in [0.3, 0.4) is 0 Å². The maximum atomic E-state index is 6.00. The highest BCUT2D eigenvalue weighted by Crippen LogP contribution is 2.38. The van der Waals surface area contributed by atoms with Crippen molar-refractivity contribution in [1.29, 1.82) is 0 Å². The number of rotatable bonds is 15. The van der Waals surface area contributed by atoms with Crippen LogP contribution in [0.2, 0.25) is 6.04 Å². The van der Waals surface area contributed by atoms with Crippen LogP contribution in [-0.4, -0.2) is 28.1 Å². The molecule has 0 atom stereocenters. The fraction of sp³-hybridized carbons (Fsp3) is 0.778. The fourth-order valence-electron chi connectivity index (χ4n) is 4.70. The molecule has 1 aliphatic carbocycles. The monoisotopic (exact) mass is 448 g/mol. The number of ether oxygens (including phenoxy) is 1. The first kappa shape index (κ1) is 26.4.